The molecule has 0 spiro atoms. The summed E-state index contributed by atoms with van der Waals surface area (Å²) in [4.78, 5) is 0. The Hall–Kier alpha value is -0.960. The summed E-state index contributed by atoms with van der Waals surface area (Å²) in [6.45, 7) is 0. The second kappa shape index (κ2) is 4.88. The van der Waals surface area contributed by atoms with Gasteiger partial charge in [0.15, 0.2) is 0 Å². The van der Waals surface area contributed by atoms with Crippen LogP contribution in [0.2, 0.25) is 0 Å². The van der Waals surface area contributed by atoms with Gasteiger partial charge in [-0.2, -0.15) is 10.5 Å². The van der Waals surface area contributed by atoms with Crippen LogP contribution in [0, 0.1) is 22.7 Å². The molecule has 2 nitrogen and oxygen atoms in total. The number of allylic oxidation sites excluding steroid dienone is 3. The van der Waals surface area contributed by atoms with Crippen LogP contribution in [0.3, 0.4) is 0 Å². The maximum absolute atomic E-state index is 8.18. The molecule has 0 saturated carbocycles. The second-order valence-electron chi connectivity index (χ2n) is 1.26. The third kappa shape index (κ3) is 3.97. The summed E-state index contributed by atoms with van der Waals surface area (Å²) in [5.41, 5.74) is -0.0289. The molecule has 0 amide bonds. The van der Waals surface area contributed by atoms with Gasteiger partial charge < -0.3 is 0 Å². The van der Waals surface area contributed by atoms with Gasteiger partial charge in [0.2, 0.25) is 0 Å². The third-order valence-electron chi connectivity index (χ3n) is 0.617. The zero-order valence-corrected chi connectivity index (χ0v) is 6.32. The Kier molecular flexibility index (Phi) is 4.41. The van der Waals surface area contributed by atoms with E-state index in [0.29, 0.717) is 0 Å². The SMILES string of the molecule is N#CC(C#N)=CC=C(Cl)Cl. The van der Waals surface area contributed by atoms with E-state index in [1.165, 1.54) is 12.2 Å². The van der Waals surface area contributed by atoms with Crippen molar-refractivity contribution in [1.29, 1.82) is 10.5 Å². The fraction of sp³-hybridized carbons (Fsp3) is 0. The first-order valence-electron chi connectivity index (χ1n) is 2.24. The molecule has 0 aromatic rings. The van der Waals surface area contributed by atoms with Crippen LogP contribution in [0.5, 0.6) is 0 Å². The zero-order valence-electron chi connectivity index (χ0n) is 4.81. The van der Waals surface area contributed by atoms with Gasteiger partial charge in [-0.25, -0.2) is 0 Å². The number of nitrogens with zero attached hydrogens (tertiary/aromatic N) is 2. The fourth-order valence-corrected chi connectivity index (χ4v) is 0.372. The summed E-state index contributed by atoms with van der Waals surface area (Å²) in [6.07, 6.45) is 2.51. The largest absolute Gasteiger partial charge is 0.192 e. The summed E-state index contributed by atoms with van der Waals surface area (Å²) in [6, 6.07) is 3.29. The smallest absolute Gasteiger partial charge is 0.129 e. The van der Waals surface area contributed by atoms with Crippen LogP contribution in [-0.4, -0.2) is 0 Å². The molecule has 0 unspecified atom stereocenters. The predicted molar refractivity (Wildman–Crippen MR) is 39.1 cm³/mol. The van der Waals surface area contributed by atoms with E-state index in [1.807, 2.05) is 0 Å². The van der Waals surface area contributed by atoms with E-state index >= 15 is 0 Å². The molecule has 0 aromatic carbocycles. The van der Waals surface area contributed by atoms with Crippen molar-refractivity contribution in [3.8, 4) is 12.1 Å². The van der Waals surface area contributed by atoms with Crippen molar-refractivity contribution >= 4 is 23.2 Å². The standard InChI is InChI=1S/C6H2Cl2N2/c7-6(8)2-1-5(3-9)4-10/h1-2H. The summed E-state index contributed by atoms with van der Waals surface area (Å²) in [7, 11) is 0. The van der Waals surface area contributed by atoms with Crippen molar-refractivity contribution < 1.29 is 0 Å². The Morgan fingerprint density at radius 1 is 1.10 bits per heavy atom. The second-order valence-corrected chi connectivity index (χ2v) is 2.27. The van der Waals surface area contributed by atoms with Crippen molar-refractivity contribution in [3.05, 3.63) is 22.2 Å². The lowest BCUT2D eigenvalue weighted by Gasteiger charge is -1.76. The quantitative estimate of drug-likeness (QED) is 0.451. The molecule has 0 aliphatic heterocycles. The molecule has 0 fully saturated rings. The highest BCUT2D eigenvalue weighted by Gasteiger charge is 1.87. The molecule has 0 heterocycles. The van der Waals surface area contributed by atoms with Crippen LogP contribution in [0.15, 0.2) is 22.2 Å². The molecule has 0 aromatic heterocycles. The normalized spacial score (nSPS) is 6.80. The Morgan fingerprint density at radius 3 is 1.90 bits per heavy atom. The van der Waals surface area contributed by atoms with E-state index < -0.39 is 0 Å². The van der Waals surface area contributed by atoms with Gasteiger partial charge >= 0.3 is 0 Å². The van der Waals surface area contributed by atoms with Gasteiger partial charge in [-0.3, -0.25) is 0 Å². The topological polar surface area (TPSA) is 47.6 Å². The van der Waals surface area contributed by atoms with Crippen LogP contribution in [-0.2, 0) is 0 Å². The molecular formula is C6H2Cl2N2. The Balaban J connectivity index is 4.36. The molecule has 0 atom stereocenters. The van der Waals surface area contributed by atoms with Gasteiger partial charge in [-0.15, -0.1) is 0 Å². The summed E-state index contributed by atoms with van der Waals surface area (Å²) in [5.74, 6) is 0. The van der Waals surface area contributed by atoms with Crippen LogP contribution in [0.4, 0.5) is 0 Å². The van der Waals surface area contributed by atoms with Crippen molar-refractivity contribution in [2.75, 3.05) is 0 Å². The molecule has 0 saturated heterocycles. The lowest BCUT2D eigenvalue weighted by Crippen LogP contribution is -1.67. The minimum atomic E-state index is -0.0289. The van der Waals surface area contributed by atoms with Crippen molar-refractivity contribution in [2.45, 2.75) is 0 Å². The molecule has 10 heavy (non-hydrogen) atoms. The van der Waals surface area contributed by atoms with Gasteiger partial charge in [-0.05, 0) is 12.2 Å². The van der Waals surface area contributed by atoms with E-state index in [0.717, 1.165) is 0 Å². The third-order valence-corrected chi connectivity index (χ3v) is 0.869. The van der Waals surface area contributed by atoms with Crippen molar-refractivity contribution in [2.24, 2.45) is 0 Å². The number of nitriles is 2. The lowest BCUT2D eigenvalue weighted by molar-refractivity contribution is 1.46. The number of hydrogen-bond donors (Lipinski definition) is 0. The first-order valence-corrected chi connectivity index (χ1v) is 2.99. The number of hydrogen-bond acceptors (Lipinski definition) is 2. The maximum Gasteiger partial charge on any atom is 0.129 e. The average molecular weight is 173 g/mol. The molecule has 0 radical (unpaired) electrons. The zero-order chi connectivity index (χ0) is 7.98. The molecular weight excluding hydrogens is 171 g/mol. The molecule has 4 heteroatoms. The van der Waals surface area contributed by atoms with Crippen LogP contribution >= 0.6 is 23.2 Å². The number of halogens is 2. The number of rotatable bonds is 1. The van der Waals surface area contributed by atoms with Crippen molar-refractivity contribution in [3.63, 3.8) is 0 Å². The Labute approximate surface area is 68.6 Å². The summed E-state index contributed by atoms with van der Waals surface area (Å²) in [5, 5.41) is 16.4. The van der Waals surface area contributed by atoms with Gasteiger partial charge in [0.25, 0.3) is 0 Å². The van der Waals surface area contributed by atoms with Crippen molar-refractivity contribution in [1.82, 2.24) is 0 Å². The highest BCUT2D eigenvalue weighted by atomic mass is 35.5. The molecule has 50 valence electrons. The van der Waals surface area contributed by atoms with Crippen LogP contribution < -0.4 is 0 Å². The monoisotopic (exact) mass is 172 g/mol. The lowest BCUT2D eigenvalue weighted by atomic mass is 10.3. The molecule has 0 aliphatic carbocycles. The minimum absolute atomic E-state index is 0.0167. The van der Waals surface area contributed by atoms with Crippen LogP contribution in [0.25, 0.3) is 0 Å². The summed E-state index contributed by atoms with van der Waals surface area (Å²) < 4.78 is 0.0167. The van der Waals surface area contributed by atoms with Gasteiger partial charge in [0, 0.05) is 0 Å². The highest BCUT2D eigenvalue weighted by molar-refractivity contribution is 6.55. The maximum atomic E-state index is 8.18. The van der Waals surface area contributed by atoms with Crippen LogP contribution in [0.1, 0.15) is 0 Å². The van der Waals surface area contributed by atoms with E-state index in [9.17, 15) is 0 Å². The summed E-state index contributed by atoms with van der Waals surface area (Å²) >= 11 is 10.4. The van der Waals surface area contributed by atoms with Gasteiger partial charge in [0.1, 0.15) is 22.2 Å². The predicted octanol–water partition coefficient (Wildman–Crippen LogP) is 2.28. The first-order chi connectivity index (χ1) is 4.70. The Bertz CT molecular complexity index is 232. The first kappa shape index (κ1) is 9.04. The average Bonchev–Trinajstić information content (AvgIpc) is 1.90. The van der Waals surface area contributed by atoms with E-state index in [4.69, 9.17) is 33.7 Å². The minimum Gasteiger partial charge on any atom is -0.192 e. The molecule has 0 bridgehead atoms. The molecule has 0 N–H and O–H groups in total. The highest BCUT2D eigenvalue weighted by Crippen LogP contribution is 2.06. The fourth-order valence-electron chi connectivity index (χ4n) is 0.246. The Morgan fingerprint density at radius 2 is 1.60 bits per heavy atom. The van der Waals surface area contributed by atoms with Gasteiger partial charge in [0.05, 0.1) is 0 Å². The van der Waals surface area contributed by atoms with Gasteiger partial charge in [-0.1, -0.05) is 23.2 Å². The molecule has 0 aliphatic rings. The molecule has 0 rings (SSSR count). The van der Waals surface area contributed by atoms with E-state index in [1.54, 1.807) is 12.1 Å². The van der Waals surface area contributed by atoms with E-state index in [-0.39, 0.29) is 10.1 Å². The van der Waals surface area contributed by atoms with E-state index in [2.05, 4.69) is 0 Å².